The SMILES string of the molecule is CCOC(=O)C1=C(O)/C(=C/c2cc(Cl)c(OCc3ccccc3C#N)c(OC)c2)SC1=NC(=O)c1ccccc1C. The van der Waals surface area contributed by atoms with Gasteiger partial charge in [-0.25, -0.2) is 9.79 Å². The van der Waals surface area contributed by atoms with Gasteiger partial charge >= 0.3 is 5.97 Å². The molecule has 8 nitrogen and oxygen atoms in total. The summed E-state index contributed by atoms with van der Waals surface area (Å²) in [7, 11) is 1.46. The van der Waals surface area contributed by atoms with Crippen LogP contribution >= 0.6 is 23.4 Å². The molecule has 0 atom stereocenters. The molecule has 1 aliphatic heterocycles. The van der Waals surface area contributed by atoms with Gasteiger partial charge in [-0.15, -0.1) is 0 Å². The molecule has 0 unspecified atom stereocenters. The van der Waals surface area contributed by atoms with E-state index in [2.05, 4.69) is 11.1 Å². The smallest absolute Gasteiger partial charge is 0.344 e. The molecule has 0 fully saturated rings. The maximum absolute atomic E-state index is 12.9. The molecule has 3 aromatic carbocycles. The lowest BCUT2D eigenvalue weighted by atomic mass is 10.1. The highest BCUT2D eigenvalue weighted by Gasteiger charge is 2.34. The molecule has 1 aliphatic rings. The molecule has 0 bridgehead atoms. The van der Waals surface area contributed by atoms with Gasteiger partial charge in [0.25, 0.3) is 5.91 Å². The van der Waals surface area contributed by atoms with E-state index >= 15 is 0 Å². The third-order valence-corrected chi connectivity index (χ3v) is 7.31. The molecule has 0 saturated heterocycles. The maximum atomic E-state index is 12.9. The van der Waals surface area contributed by atoms with E-state index < -0.39 is 11.9 Å². The predicted molar refractivity (Wildman–Crippen MR) is 158 cm³/mol. The van der Waals surface area contributed by atoms with E-state index in [4.69, 9.17) is 25.8 Å². The van der Waals surface area contributed by atoms with Crippen molar-refractivity contribution in [3.63, 3.8) is 0 Å². The van der Waals surface area contributed by atoms with Gasteiger partial charge in [0.05, 0.1) is 35.3 Å². The van der Waals surface area contributed by atoms with Gasteiger partial charge < -0.3 is 19.3 Å². The molecule has 3 aromatic rings. The molecule has 0 aromatic heterocycles. The Balaban J connectivity index is 1.68. The molecular weight excluding hydrogens is 564 g/mol. The van der Waals surface area contributed by atoms with Crippen molar-refractivity contribution in [3.05, 3.63) is 110 Å². The second-order valence-corrected chi connectivity index (χ2v) is 10.1. The highest BCUT2D eigenvalue weighted by molar-refractivity contribution is 8.18. The van der Waals surface area contributed by atoms with E-state index in [1.807, 2.05) is 6.07 Å². The summed E-state index contributed by atoms with van der Waals surface area (Å²) >= 11 is 7.51. The minimum absolute atomic E-state index is 0.0228. The highest BCUT2D eigenvalue weighted by Crippen LogP contribution is 2.42. The van der Waals surface area contributed by atoms with Gasteiger partial charge in [0.15, 0.2) is 11.5 Å². The zero-order chi connectivity index (χ0) is 29.5. The number of carbonyl (C=O) groups excluding carboxylic acids is 2. The van der Waals surface area contributed by atoms with Crippen molar-refractivity contribution in [2.24, 2.45) is 4.99 Å². The molecule has 0 saturated carbocycles. The monoisotopic (exact) mass is 588 g/mol. The Morgan fingerprint density at radius 1 is 1.15 bits per heavy atom. The average molecular weight is 589 g/mol. The van der Waals surface area contributed by atoms with Crippen molar-refractivity contribution in [1.82, 2.24) is 0 Å². The van der Waals surface area contributed by atoms with Crippen LogP contribution in [0, 0.1) is 18.3 Å². The number of thioether (sulfide) groups is 1. The Bertz CT molecular complexity index is 1650. The van der Waals surface area contributed by atoms with E-state index in [9.17, 15) is 20.0 Å². The van der Waals surface area contributed by atoms with E-state index in [-0.39, 0.29) is 45.3 Å². The second kappa shape index (κ2) is 13.2. The Kier molecular flexibility index (Phi) is 9.50. The molecular formula is C31H25ClN2O6S. The van der Waals surface area contributed by atoms with Gasteiger partial charge in [-0.3, -0.25) is 4.79 Å². The number of rotatable bonds is 8. The van der Waals surface area contributed by atoms with Crippen LogP contribution in [0.4, 0.5) is 0 Å². The van der Waals surface area contributed by atoms with Crippen LogP contribution in [0.15, 0.2) is 81.9 Å². The molecule has 208 valence electrons. The van der Waals surface area contributed by atoms with Crippen molar-refractivity contribution in [2.75, 3.05) is 13.7 Å². The summed E-state index contributed by atoms with van der Waals surface area (Å²) in [5, 5.41) is 20.6. The van der Waals surface area contributed by atoms with Crippen LogP contribution in [0.25, 0.3) is 6.08 Å². The van der Waals surface area contributed by atoms with Crippen LogP contribution in [0.2, 0.25) is 5.02 Å². The molecule has 41 heavy (non-hydrogen) atoms. The summed E-state index contributed by atoms with van der Waals surface area (Å²) in [4.78, 5) is 30.1. The predicted octanol–water partition coefficient (Wildman–Crippen LogP) is 6.81. The largest absolute Gasteiger partial charge is 0.506 e. The van der Waals surface area contributed by atoms with Gasteiger partial charge in [0.1, 0.15) is 23.0 Å². The molecule has 1 N–H and O–H groups in total. The first kappa shape index (κ1) is 29.5. The molecule has 0 spiro atoms. The lowest BCUT2D eigenvalue weighted by Gasteiger charge is -2.14. The first-order valence-corrected chi connectivity index (χ1v) is 13.6. The summed E-state index contributed by atoms with van der Waals surface area (Å²) in [6.45, 7) is 3.59. The minimum atomic E-state index is -0.797. The zero-order valence-corrected chi connectivity index (χ0v) is 24.0. The Morgan fingerprint density at radius 3 is 2.59 bits per heavy atom. The van der Waals surface area contributed by atoms with E-state index in [0.717, 1.165) is 17.3 Å². The fraction of sp³-hybridized carbons (Fsp3) is 0.161. The number of hydrogen-bond donors (Lipinski definition) is 1. The lowest BCUT2D eigenvalue weighted by molar-refractivity contribution is -0.138. The number of aliphatic hydroxyl groups is 1. The van der Waals surface area contributed by atoms with Crippen LogP contribution < -0.4 is 9.47 Å². The number of benzene rings is 3. The van der Waals surface area contributed by atoms with Gasteiger partial charge in [-0.2, -0.15) is 5.26 Å². The standard InChI is InChI=1S/C31H25ClN2O6S/c1-4-39-31(37)26-27(35)25(41-30(26)34-29(36)22-12-8-5-9-18(22)2)15-19-13-23(32)28(24(14-19)38-3)40-17-21-11-7-6-10-20(21)16-33/h5-15,35H,4,17H2,1-3H3/b25-15-,34-30?. The number of aryl methyl sites for hydroxylation is 1. The Hall–Kier alpha value is -4.52. The highest BCUT2D eigenvalue weighted by atomic mass is 35.5. The van der Waals surface area contributed by atoms with E-state index in [1.165, 1.54) is 7.11 Å². The lowest BCUT2D eigenvalue weighted by Crippen LogP contribution is -2.14. The summed E-state index contributed by atoms with van der Waals surface area (Å²) in [6, 6.07) is 19.4. The van der Waals surface area contributed by atoms with Gasteiger partial charge in [-0.1, -0.05) is 59.8 Å². The third kappa shape index (κ3) is 6.62. The van der Waals surface area contributed by atoms with Crippen LogP contribution in [-0.2, 0) is 16.1 Å². The molecule has 1 amide bonds. The number of aliphatic hydroxyl groups excluding tert-OH is 1. The van der Waals surface area contributed by atoms with Crippen LogP contribution in [0.1, 0.15) is 39.5 Å². The number of amides is 1. The first-order chi connectivity index (χ1) is 19.8. The van der Waals surface area contributed by atoms with E-state index in [1.54, 1.807) is 74.5 Å². The number of esters is 1. The van der Waals surface area contributed by atoms with Crippen molar-refractivity contribution in [1.29, 1.82) is 5.26 Å². The summed E-state index contributed by atoms with van der Waals surface area (Å²) in [5.74, 6) is -1.12. The van der Waals surface area contributed by atoms with Crippen LogP contribution in [-0.4, -0.2) is 35.7 Å². The Labute approximate surface area is 246 Å². The molecule has 10 heteroatoms. The number of methoxy groups -OCH3 is 1. The number of ether oxygens (including phenoxy) is 3. The summed E-state index contributed by atoms with van der Waals surface area (Å²) < 4.78 is 16.5. The van der Waals surface area contributed by atoms with Gasteiger partial charge in [0, 0.05) is 11.1 Å². The summed E-state index contributed by atoms with van der Waals surface area (Å²) in [6.07, 6.45) is 1.59. The normalized spacial score (nSPS) is 14.7. The topological polar surface area (TPSA) is 118 Å². The number of nitrogens with zero attached hydrogens (tertiary/aromatic N) is 2. The van der Waals surface area contributed by atoms with Crippen molar-refractivity contribution in [3.8, 4) is 17.6 Å². The van der Waals surface area contributed by atoms with E-state index in [0.29, 0.717) is 28.0 Å². The number of halogens is 1. The van der Waals surface area contributed by atoms with Crippen LogP contribution in [0.3, 0.4) is 0 Å². The van der Waals surface area contributed by atoms with Crippen LogP contribution in [0.5, 0.6) is 11.5 Å². The number of carbonyl (C=O) groups is 2. The fourth-order valence-corrected chi connectivity index (χ4v) is 5.26. The number of nitriles is 1. The molecule has 1 heterocycles. The minimum Gasteiger partial charge on any atom is -0.506 e. The molecule has 0 aliphatic carbocycles. The summed E-state index contributed by atoms with van der Waals surface area (Å²) in [5.41, 5.74) is 2.62. The van der Waals surface area contributed by atoms with Gasteiger partial charge in [0.2, 0.25) is 0 Å². The first-order valence-electron chi connectivity index (χ1n) is 12.4. The van der Waals surface area contributed by atoms with Crippen molar-refractivity contribution >= 4 is 46.4 Å². The molecule has 0 radical (unpaired) electrons. The van der Waals surface area contributed by atoms with Crippen molar-refractivity contribution in [2.45, 2.75) is 20.5 Å². The van der Waals surface area contributed by atoms with Gasteiger partial charge in [-0.05, 0) is 55.3 Å². The second-order valence-electron chi connectivity index (χ2n) is 8.68. The third-order valence-electron chi connectivity index (χ3n) is 6.01. The quantitative estimate of drug-likeness (QED) is 0.285. The average Bonchev–Trinajstić information content (AvgIpc) is 3.26. The molecule has 4 rings (SSSR count). The zero-order valence-electron chi connectivity index (χ0n) is 22.4. The Morgan fingerprint density at radius 2 is 1.88 bits per heavy atom. The van der Waals surface area contributed by atoms with Crippen molar-refractivity contribution < 1.29 is 28.9 Å². The number of hydrogen-bond acceptors (Lipinski definition) is 8. The fourth-order valence-electron chi connectivity index (χ4n) is 3.98. The number of aliphatic imine (C=N–C) groups is 1. The maximum Gasteiger partial charge on any atom is 0.344 e.